The van der Waals surface area contributed by atoms with E-state index >= 15 is 0 Å². The molecule has 0 aliphatic carbocycles. The summed E-state index contributed by atoms with van der Waals surface area (Å²) in [6.45, 7) is 2.38. The SMILES string of the molecule is COc1ccc(CN2C(=O)/C(=C/c3cn(CC(=O)N4CCCCC4)c4ccccc34)SC2=S)cc1. The van der Waals surface area contributed by atoms with Crippen molar-refractivity contribution in [2.45, 2.75) is 32.4 Å². The van der Waals surface area contributed by atoms with Crippen molar-refractivity contribution in [3.8, 4) is 5.75 Å². The Balaban J connectivity index is 1.38. The van der Waals surface area contributed by atoms with Crippen molar-refractivity contribution < 1.29 is 14.3 Å². The van der Waals surface area contributed by atoms with Crippen LogP contribution in [0.25, 0.3) is 17.0 Å². The maximum absolute atomic E-state index is 13.2. The topological polar surface area (TPSA) is 54.8 Å². The summed E-state index contributed by atoms with van der Waals surface area (Å²) in [5, 5.41) is 1.01. The van der Waals surface area contributed by atoms with Crippen molar-refractivity contribution in [2.75, 3.05) is 20.2 Å². The second kappa shape index (κ2) is 10.3. The summed E-state index contributed by atoms with van der Waals surface area (Å²) in [4.78, 5) is 30.3. The van der Waals surface area contributed by atoms with Crippen molar-refractivity contribution in [3.63, 3.8) is 0 Å². The van der Waals surface area contributed by atoms with Gasteiger partial charge in [-0.15, -0.1) is 0 Å². The van der Waals surface area contributed by atoms with Gasteiger partial charge in [-0.3, -0.25) is 14.5 Å². The van der Waals surface area contributed by atoms with Crippen LogP contribution in [0.1, 0.15) is 30.4 Å². The van der Waals surface area contributed by atoms with E-state index in [0.29, 0.717) is 22.3 Å². The zero-order valence-electron chi connectivity index (χ0n) is 19.6. The van der Waals surface area contributed by atoms with Gasteiger partial charge in [0.05, 0.1) is 18.6 Å². The number of likely N-dealkylation sites (tertiary alicyclic amines) is 1. The summed E-state index contributed by atoms with van der Waals surface area (Å²) in [6.07, 6.45) is 7.21. The minimum absolute atomic E-state index is 0.1000. The molecule has 0 bridgehead atoms. The van der Waals surface area contributed by atoms with E-state index < -0.39 is 0 Å². The number of hydrogen-bond acceptors (Lipinski definition) is 5. The third-order valence-corrected chi connectivity index (χ3v) is 7.87. The Morgan fingerprint density at radius 3 is 2.57 bits per heavy atom. The molecule has 2 saturated heterocycles. The first kappa shape index (κ1) is 23.6. The molecule has 0 unspecified atom stereocenters. The van der Waals surface area contributed by atoms with Crippen LogP contribution in [0.3, 0.4) is 0 Å². The number of benzene rings is 2. The number of thiocarbonyl (C=S) groups is 1. The van der Waals surface area contributed by atoms with E-state index in [1.807, 2.05) is 70.3 Å². The minimum atomic E-state index is -0.1000. The molecule has 6 nitrogen and oxygen atoms in total. The van der Waals surface area contributed by atoms with Gasteiger partial charge in [0.25, 0.3) is 5.91 Å². The lowest BCUT2D eigenvalue weighted by Crippen LogP contribution is -2.37. The highest BCUT2D eigenvalue weighted by molar-refractivity contribution is 8.26. The van der Waals surface area contributed by atoms with Gasteiger partial charge in [0, 0.05) is 35.8 Å². The Hall–Kier alpha value is -3.10. The molecule has 0 radical (unpaired) electrons. The lowest BCUT2D eigenvalue weighted by Gasteiger charge is -2.27. The number of para-hydroxylation sites is 1. The molecule has 2 aliphatic rings. The fourth-order valence-electron chi connectivity index (χ4n) is 4.60. The second-order valence-corrected chi connectivity index (χ2v) is 10.5. The predicted molar refractivity (Wildman–Crippen MR) is 144 cm³/mol. The quantitative estimate of drug-likeness (QED) is 0.346. The van der Waals surface area contributed by atoms with E-state index in [-0.39, 0.29) is 11.8 Å². The van der Waals surface area contributed by atoms with Crippen LogP contribution >= 0.6 is 24.0 Å². The van der Waals surface area contributed by atoms with Crippen LogP contribution in [0.15, 0.2) is 59.6 Å². The van der Waals surface area contributed by atoms with Gasteiger partial charge >= 0.3 is 0 Å². The molecule has 1 aromatic heterocycles. The van der Waals surface area contributed by atoms with E-state index in [4.69, 9.17) is 17.0 Å². The molecular weight excluding hydrogens is 478 g/mol. The molecule has 8 heteroatoms. The molecule has 2 aliphatic heterocycles. The number of hydrogen-bond donors (Lipinski definition) is 0. The van der Waals surface area contributed by atoms with Gasteiger partial charge in [-0.05, 0) is 49.1 Å². The molecule has 0 saturated carbocycles. The summed E-state index contributed by atoms with van der Waals surface area (Å²) < 4.78 is 7.75. The standard InChI is InChI=1S/C27H27N3O3S2/c1-33-21-11-9-19(10-12-21)16-30-26(32)24(35-27(30)34)15-20-17-29(23-8-4-3-7-22(20)23)18-25(31)28-13-5-2-6-14-28/h3-4,7-12,15,17H,2,5-6,13-14,16,18H2,1H3/b24-15-. The Bertz CT molecular complexity index is 1310. The number of thioether (sulfide) groups is 1. The van der Waals surface area contributed by atoms with Crippen LogP contribution in [-0.2, 0) is 22.7 Å². The molecule has 2 amide bonds. The number of amides is 2. The fourth-order valence-corrected chi connectivity index (χ4v) is 5.85. The van der Waals surface area contributed by atoms with E-state index in [0.717, 1.165) is 53.7 Å². The van der Waals surface area contributed by atoms with Crippen LogP contribution in [0.5, 0.6) is 5.75 Å². The van der Waals surface area contributed by atoms with E-state index in [9.17, 15) is 9.59 Å². The van der Waals surface area contributed by atoms with Gasteiger partial charge < -0.3 is 14.2 Å². The van der Waals surface area contributed by atoms with E-state index in [1.54, 1.807) is 12.0 Å². The maximum Gasteiger partial charge on any atom is 0.266 e. The number of aromatic nitrogens is 1. The zero-order chi connectivity index (χ0) is 24.4. The number of methoxy groups -OCH3 is 1. The molecule has 2 fully saturated rings. The number of rotatable bonds is 6. The molecule has 3 aromatic rings. The summed E-state index contributed by atoms with van der Waals surface area (Å²) >= 11 is 6.85. The van der Waals surface area contributed by atoms with Crippen molar-refractivity contribution >= 4 is 57.1 Å². The van der Waals surface area contributed by atoms with Gasteiger partial charge in [0.15, 0.2) is 0 Å². The lowest BCUT2D eigenvalue weighted by atomic mass is 10.1. The van der Waals surface area contributed by atoms with Crippen LogP contribution in [0.4, 0.5) is 0 Å². The van der Waals surface area contributed by atoms with Gasteiger partial charge in [-0.2, -0.15) is 0 Å². The largest absolute Gasteiger partial charge is 0.497 e. The van der Waals surface area contributed by atoms with E-state index in [1.165, 1.54) is 18.2 Å². The highest BCUT2D eigenvalue weighted by Crippen LogP contribution is 2.35. The van der Waals surface area contributed by atoms with Crippen LogP contribution in [-0.4, -0.2) is 50.7 Å². The lowest BCUT2D eigenvalue weighted by molar-refractivity contribution is -0.132. The second-order valence-electron chi connectivity index (χ2n) is 8.79. The smallest absolute Gasteiger partial charge is 0.266 e. The number of piperidine rings is 1. The number of fused-ring (bicyclic) bond motifs is 1. The molecule has 3 heterocycles. The third kappa shape index (κ3) is 4.99. The Morgan fingerprint density at radius 1 is 1.09 bits per heavy atom. The van der Waals surface area contributed by atoms with Gasteiger partial charge in [0.2, 0.25) is 5.91 Å². The summed E-state index contributed by atoms with van der Waals surface area (Å²) in [5.41, 5.74) is 2.88. The number of nitrogens with zero attached hydrogens (tertiary/aromatic N) is 3. The number of ether oxygens (including phenoxy) is 1. The monoisotopic (exact) mass is 505 g/mol. The predicted octanol–water partition coefficient (Wildman–Crippen LogP) is 5.06. The third-order valence-electron chi connectivity index (χ3n) is 6.49. The van der Waals surface area contributed by atoms with Gasteiger partial charge in [-0.25, -0.2) is 0 Å². The van der Waals surface area contributed by atoms with Crippen molar-refractivity contribution in [1.82, 2.24) is 14.4 Å². The molecule has 5 rings (SSSR count). The number of carbonyl (C=O) groups excluding carboxylic acids is 2. The summed E-state index contributed by atoms with van der Waals surface area (Å²) in [7, 11) is 1.63. The maximum atomic E-state index is 13.2. The van der Waals surface area contributed by atoms with Gasteiger partial charge in [0.1, 0.15) is 16.6 Å². The number of carbonyl (C=O) groups is 2. The fraction of sp³-hybridized carbons (Fsp3) is 0.296. The van der Waals surface area contributed by atoms with Gasteiger partial charge in [-0.1, -0.05) is 54.3 Å². The van der Waals surface area contributed by atoms with Crippen molar-refractivity contribution in [1.29, 1.82) is 0 Å². The van der Waals surface area contributed by atoms with Crippen LogP contribution in [0, 0.1) is 0 Å². The van der Waals surface area contributed by atoms with Crippen molar-refractivity contribution in [3.05, 3.63) is 70.8 Å². The Morgan fingerprint density at radius 2 is 1.83 bits per heavy atom. The molecule has 2 aromatic carbocycles. The normalized spacial score (nSPS) is 17.6. The highest BCUT2D eigenvalue weighted by Gasteiger charge is 2.32. The molecule has 0 atom stereocenters. The Labute approximate surface area is 214 Å². The molecule has 180 valence electrons. The van der Waals surface area contributed by atoms with E-state index in [2.05, 4.69) is 0 Å². The van der Waals surface area contributed by atoms with Crippen LogP contribution in [0.2, 0.25) is 0 Å². The average molecular weight is 506 g/mol. The molecular formula is C27H27N3O3S2. The first-order valence-electron chi connectivity index (χ1n) is 11.8. The molecule has 0 spiro atoms. The first-order valence-corrected chi connectivity index (χ1v) is 13.0. The highest BCUT2D eigenvalue weighted by atomic mass is 32.2. The molecule has 0 N–H and O–H groups in total. The van der Waals surface area contributed by atoms with Crippen LogP contribution < -0.4 is 4.74 Å². The minimum Gasteiger partial charge on any atom is -0.497 e. The zero-order valence-corrected chi connectivity index (χ0v) is 21.2. The molecule has 35 heavy (non-hydrogen) atoms. The first-order chi connectivity index (χ1) is 17.0. The average Bonchev–Trinajstić information content (AvgIpc) is 3.36. The Kier molecular flexibility index (Phi) is 6.92. The van der Waals surface area contributed by atoms with Crippen molar-refractivity contribution in [2.24, 2.45) is 0 Å². The summed E-state index contributed by atoms with van der Waals surface area (Å²) in [6, 6.07) is 15.6. The summed E-state index contributed by atoms with van der Waals surface area (Å²) in [5.74, 6) is 0.814.